The van der Waals surface area contributed by atoms with Gasteiger partial charge in [0, 0.05) is 0 Å². The SMILES string of the molecule is CC(O)(COCCOCCO)S(=O)(=O)c1ccccc1. The standard InChI is InChI=1S/C13H20O6S/c1-13(15,11-19-10-9-18-8-7-14)20(16,17)12-5-3-2-4-6-12/h2-6,14-15H,7-11H2,1H3. The number of hydrogen-bond acceptors (Lipinski definition) is 6. The van der Waals surface area contributed by atoms with Crippen LogP contribution in [-0.4, -0.2) is 56.6 Å². The van der Waals surface area contributed by atoms with Gasteiger partial charge in [-0.25, -0.2) is 8.42 Å². The van der Waals surface area contributed by atoms with E-state index in [1.807, 2.05) is 0 Å². The van der Waals surface area contributed by atoms with Crippen LogP contribution in [0.2, 0.25) is 0 Å². The fourth-order valence-corrected chi connectivity index (χ4v) is 2.74. The summed E-state index contributed by atoms with van der Waals surface area (Å²) in [6, 6.07) is 7.73. The van der Waals surface area contributed by atoms with Crippen LogP contribution in [0, 0.1) is 0 Å². The van der Waals surface area contributed by atoms with Crippen LogP contribution in [0.1, 0.15) is 6.92 Å². The van der Waals surface area contributed by atoms with Crippen molar-refractivity contribution in [2.75, 3.05) is 33.0 Å². The van der Waals surface area contributed by atoms with Gasteiger partial charge in [-0.3, -0.25) is 0 Å². The van der Waals surface area contributed by atoms with E-state index in [1.165, 1.54) is 19.1 Å². The van der Waals surface area contributed by atoms with Gasteiger partial charge in [0.05, 0.1) is 37.9 Å². The first kappa shape index (κ1) is 17.1. The summed E-state index contributed by atoms with van der Waals surface area (Å²) in [4.78, 5) is -1.96. The van der Waals surface area contributed by atoms with Gasteiger partial charge in [0.2, 0.25) is 9.84 Å². The van der Waals surface area contributed by atoms with E-state index >= 15 is 0 Å². The second-order valence-corrected chi connectivity index (χ2v) is 6.74. The van der Waals surface area contributed by atoms with Crippen LogP contribution in [0.15, 0.2) is 35.2 Å². The monoisotopic (exact) mass is 304 g/mol. The third-order valence-corrected chi connectivity index (χ3v) is 4.78. The van der Waals surface area contributed by atoms with E-state index in [0.29, 0.717) is 0 Å². The molecule has 0 saturated carbocycles. The molecule has 1 atom stereocenters. The largest absolute Gasteiger partial charge is 0.394 e. The zero-order valence-corrected chi connectivity index (χ0v) is 12.2. The quantitative estimate of drug-likeness (QED) is 0.633. The normalized spacial score (nSPS) is 14.9. The lowest BCUT2D eigenvalue weighted by Crippen LogP contribution is -2.40. The molecular weight excluding hydrogens is 284 g/mol. The van der Waals surface area contributed by atoms with Crippen molar-refractivity contribution in [3.63, 3.8) is 0 Å². The molecule has 0 spiro atoms. The topological polar surface area (TPSA) is 93.1 Å². The molecule has 6 nitrogen and oxygen atoms in total. The molecule has 2 N–H and O–H groups in total. The molecule has 1 rings (SSSR count). The lowest BCUT2D eigenvalue weighted by Gasteiger charge is -2.23. The molecule has 1 aromatic carbocycles. The number of sulfone groups is 1. The maximum atomic E-state index is 12.2. The van der Waals surface area contributed by atoms with Crippen LogP contribution >= 0.6 is 0 Å². The minimum absolute atomic E-state index is 0.0464. The van der Waals surface area contributed by atoms with Gasteiger partial charge >= 0.3 is 0 Å². The molecule has 0 amide bonds. The Kier molecular flexibility index (Phi) is 6.57. The number of ether oxygens (including phenoxy) is 2. The van der Waals surface area contributed by atoms with Crippen LogP contribution < -0.4 is 0 Å². The minimum Gasteiger partial charge on any atom is -0.394 e. The third kappa shape index (κ3) is 4.53. The predicted octanol–water partition coefficient (Wildman–Crippen LogP) is 0.194. The van der Waals surface area contributed by atoms with Crippen LogP contribution in [0.5, 0.6) is 0 Å². The second-order valence-electron chi connectivity index (χ2n) is 4.38. The van der Waals surface area contributed by atoms with Gasteiger partial charge in [0.1, 0.15) is 0 Å². The number of benzene rings is 1. The highest BCUT2D eigenvalue weighted by molar-refractivity contribution is 7.92. The molecule has 0 saturated heterocycles. The van der Waals surface area contributed by atoms with E-state index in [-0.39, 0.29) is 37.9 Å². The van der Waals surface area contributed by atoms with E-state index in [2.05, 4.69) is 0 Å². The molecule has 114 valence electrons. The average Bonchev–Trinajstić information content (AvgIpc) is 2.43. The van der Waals surface area contributed by atoms with E-state index in [1.54, 1.807) is 18.2 Å². The number of hydrogen-bond donors (Lipinski definition) is 2. The Bertz CT molecular complexity index is 483. The van der Waals surface area contributed by atoms with Crippen molar-refractivity contribution < 1.29 is 28.1 Å². The van der Waals surface area contributed by atoms with Crippen molar-refractivity contribution in [2.45, 2.75) is 16.8 Å². The third-order valence-electron chi connectivity index (χ3n) is 2.61. The molecule has 1 aromatic rings. The summed E-state index contributed by atoms with van der Waals surface area (Å²) in [5, 5.41) is 18.6. The first-order valence-electron chi connectivity index (χ1n) is 6.20. The van der Waals surface area contributed by atoms with Crippen LogP contribution in [0.25, 0.3) is 0 Å². The van der Waals surface area contributed by atoms with Crippen molar-refractivity contribution in [1.29, 1.82) is 0 Å². The van der Waals surface area contributed by atoms with E-state index < -0.39 is 14.8 Å². The van der Waals surface area contributed by atoms with Gasteiger partial charge in [0.15, 0.2) is 4.93 Å². The zero-order chi connectivity index (χ0) is 15.1. The Morgan fingerprint density at radius 1 is 1.10 bits per heavy atom. The van der Waals surface area contributed by atoms with Crippen LogP contribution in [0.3, 0.4) is 0 Å². The van der Waals surface area contributed by atoms with Gasteiger partial charge in [-0.2, -0.15) is 0 Å². The highest BCUT2D eigenvalue weighted by Gasteiger charge is 2.38. The summed E-state index contributed by atoms with van der Waals surface area (Å²) in [5.74, 6) is 0. The molecular formula is C13H20O6S. The Hall–Kier alpha value is -0.990. The average molecular weight is 304 g/mol. The van der Waals surface area contributed by atoms with Crippen LogP contribution in [0.4, 0.5) is 0 Å². The zero-order valence-electron chi connectivity index (χ0n) is 11.4. The summed E-state index contributed by atoms with van der Waals surface area (Å²) >= 11 is 0. The smallest absolute Gasteiger partial charge is 0.209 e. The molecule has 20 heavy (non-hydrogen) atoms. The van der Waals surface area contributed by atoms with E-state index in [9.17, 15) is 13.5 Å². The number of aliphatic hydroxyl groups excluding tert-OH is 1. The van der Waals surface area contributed by atoms with E-state index in [0.717, 1.165) is 0 Å². The molecule has 0 bridgehead atoms. The summed E-state index contributed by atoms with van der Waals surface area (Å²) in [6.45, 7) is 1.32. The minimum atomic E-state index is -3.89. The molecule has 0 aliphatic carbocycles. The highest BCUT2D eigenvalue weighted by Crippen LogP contribution is 2.23. The molecule has 0 aromatic heterocycles. The van der Waals surface area contributed by atoms with Crippen molar-refractivity contribution in [2.24, 2.45) is 0 Å². The van der Waals surface area contributed by atoms with Crippen molar-refractivity contribution in [1.82, 2.24) is 0 Å². The fourth-order valence-electron chi connectivity index (χ4n) is 1.48. The van der Waals surface area contributed by atoms with E-state index in [4.69, 9.17) is 14.6 Å². The lowest BCUT2D eigenvalue weighted by atomic mass is 10.4. The Morgan fingerprint density at radius 2 is 1.70 bits per heavy atom. The maximum absolute atomic E-state index is 12.2. The molecule has 0 radical (unpaired) electrons. The Morgan fingerprint density at radius 3 is 2.30 bits per heavy atom. The van der Waals surface area contributed by atoms with Gasteiger partial charge in [0.25, 0.3) is 0 Å². The summed E-state index contributed by atoms with van der Waals surface area (Å²) in [7, 11) is -3.89. The summed E-state index contributed by atoms with van der Waals surface area (Å²) in [6.07, 6.45) is 0. The van der Waals surface area contributed by atoms with Crippen molar-refractivity contribution in [3.8, 4) is 0 Å². The molecule has 7 heteroatoms. The first-order chi connectivity index (χ1) is 9.42. The molecule has 0 fully saturated rings. The highest BCUT2D eigenvalue weighted by atomic mass is 32.2. The lowest BCUT2D eigenvalue weighted by molar-refractivity contribution is -0.0119. The molecule has 0 heterocycles. The maximum Gasteiger partial charge on any atom is 0.209 e. The summed E-state index contributed by atoms with van der Waals surface area (Å²) in [5.41, 5.74) is 0. The second kappa shape index (κ2) is 7.70. The van der Waals surface area contributed by atoms with Gasteiger partial charge in [-0.05, 0) is 19.1 Å². The molecule has 0 aliphatic rings. The van der Waals surface area contributed by atoms with Crippen molar-refractivity contribution in [3.05, 3.63) is 30.3 Å². The Balaban J connectivity index is 2.55. The number of aliphatic hydroxyl groups is 2. The van der Waals surface area contributed by atoms with Gasteiger partial charge in [-0.15, -0.1) is 0 Å². The molecule has 0 aliphatic heterocycles. The molecule has 1 unspecified atom stereocenters. The van der Waals surface area contributed by atoms with Crippen molar-refractivity contribution >= 4 is 9.84 Å². The van der Waals surface area contributed by atoms with Crippen LogP contribution in [-0.2, 0) is 19.3 Å². The first-order valence-corrected chi connectivity index (χ1v) is 7.68. The fraction of sp³-hybridized carbons (Fsp3) is 0.538. The summed E-state index contributed by atoms with van der Waals surface area (Å²) < 4.78 is 34.5. The predicted molar refractivity (Wildman–Crippen MR) is 73.0 cm³/mol. The Labute approximate surface area is 118 Å². The van der Waals surface area contributed by atoms with Gasteiger partial charge < -0.3 is 19.7 Å². The van der Waals surface area contributed by atoms with Gasteiger partial charge in [-0.1, -0.05) is 18.2 Å². The number of rotatable bonds is 9.